The zero-order valence-electron chi connectivity index (χ0n) is 9.42. The molecule has 1 heterocycles. The summed E-state index contributed by atoms with van der Waals surface area (Å²) in [6.07, 6.45) is 1.58. The third-order valence-corrected chi connectivity index (χ3v) is 2.44. The van der Waals surface area contributed by atoms with Crippen molar-refractivity contribution in [1.29, 1.82) is 0 Å². The summed E-state index contributed by atoms with van der Waals surface area (Å²) < 4.78 is 1.52. The first-order valence-electron chi connectivity index (χ1n) is 5.21. The van der Waals surface area contributed by atoms with Crippen molar-refractivity contribution in [2.75, 3.05) is 0 Å². The van der Waals surface area contributed by atoms with Crippen LogP contribution in [0.1, 0.15) is 16.1 Å². The van der Waals surface area contributed by atoms with Gasteiger partial charge in [-0.2, -0.15) is 5.10 Å². The molecule has 2 N–H and O–H groups in total. The third-order valence-electron chi connectivity index (χ3n) is 2.44. The number of phenolic OH excluding ortho intramolecular Hbond substituents is 1. The van der Waals surface area contributed by atoms with Gasteiger partial charge in [0.2, 0.25) is 0 Å². The van der Waals surface area contributed by atoms with Crippen molar-refractivity contribution in [2.45, 2.75) is 6.54 Å². The minimum Gasteiger partial charge on any atom is -0.508 e. The van der Waals surface area contributed by atoms with E-state index in [2.05, 4.69) is 10.4 Å². The lowest BCUT2D eigenvalue weighted by molar-refractivity contribution is 0.0941. The van der Waals surface area contributed by atoms with Crippen LogP contribution in [0.25, 0.3) is 0 Å². The molecule has 17 heavy (non-hydrogen) atoms. The average Bonchev–Trinajstić information content (AvgIpc) is 2.74. The third kappa shape index (κ3) is 2.63. The Morgan fingerprint density at radius 3 is 2.65 bits per heavy atom. The molecular formula is C12H13N3O2. The molecule has 0 saturated carbocycles. The Bertz CT molecular complexity index is 517. The molecule has 88 valence electrons. The molecule has 0 fully saturated rings. The molecule has 0 aliphatic rings. The van der Waals surface area contributed by atoms with Crippen molar-refractivity contribution in [3.63, 3.8) is 0 Å². The summed E-state index contributed by atoms with van der Waals surface area (Å²) in [7, 11) is 1.72. The van der Waals surface area contributed by atoms with Crippen molar-refractivity contribution in [3.05, 3.63) is 47.8 Å². The second-order valence-corrected chi connectivity index (χ2v) is 3.69. The van der Waals surface area contributed by atoms with Gasteiger partial charge < -0.3 is 10.4 Å². The lowest BCUT2D eigenvalue weighted by Crippen LogP contribution is -2.25. The van der Waals surface area contributed by atoms with Crippen LogP contribution in [0.4, 0.5) is 0 Å². The Labute approximate surface area is 98.7 Å². The van der Waals surface area contributed by atoms with Crippen molar-refractivity contribution >= 4 is 5.91 Å². The lowest BCUT2D eigenvalue weighted by Gasteiger charge is -2.05. The fourth-order valence-corrected chi connectivity index (χ4v) is 1.48. The Morgan fingerprint density at radius 1 is 1.35 bits per heavy atom. The standard InChI is InChI=1S/C12H13N3O2/c1-15-11(6-7-14-15)12(17)13-8-9-2-4-10(16)5-3-9/h2-7,16H,8H2,1H3,(H,13,17). The Balaban J connectivity index is 1.97. The number of carbonyl (C=O) groups excluding carboxylic acids is 1. The highest BCUT2D eigenvalue weighted by molar-refractivity contribution is 5.92. The van der Waals surface area contributed by atoms with E-state index >= 15 is 0 Å². The normalized spacial score (nSPS) is 10.2. The van der Waals surface area contributed by atoms with E-state index < -0.39 is 0 Å². The average molecular weight is 231 g/mol. The maximum absolute atomic E-state index is 11.7. The number of aromatic nitrogens is 2. The van der Waals surface area contributed by atoms with Crippen molar-refractivity contribution < 1.29 is 9.90 Å². The molecule has 0 spiro atoms. The van der Waals surface area contributed by atoms with Gasteiger partial charge in [-0.05, 0) is 23.8 Å². The van der Waals surface area contributed by atoms with Gasteiger partial charge in [0.05, 0.1) is 0 Å². The molecule has 2 rings (SSSR count). The van der Waals surface area contributed by atoms with Gasteiger partial charge in [-0.25, -0.2) is 0 Å². The maximum Gasteiger partial charge on any atom is 0.269 e. The van der Waals surface area contributed by atoms with E-state index in [0.29, 0.717) is 12.2 Å². The molecule has 0 atom stereocenters. The molecule has 0 unspecified atom stereocenters. The van der Waals surface area contributed by atoms with Gasteiger partial charge in [-0.3, -0.25) is 9.48 Å². The molecule has 0 radical (unpaired) electrons. The number of aryl methyl sites for hydroxylation is 1. The van der Waals surface area contributed by atoms with Gasteiger partial charge in [-0.1, -0.05) is 12.1 Å². The molecule has 5 nitrogen and oxygen atoms in total. The molecule has 1 aromatic heterocycles. The second kappa shape index (κ2) is 4.69. The van der Waals surface area contributed by atoms with E-state index in [4.69, 9.17) is 5.11 Å². The molecule has 0 aliphatic heterocycles. The number of hydrogen-bond donors (Lipinski definition) is 2. The quantitative estimate of drug-likeness (QED) is 0.829. The number of rotatable bonds is 3. The predicted molar refractivity (Wildman–Crippen MR) is 62.5 cm³/mol. The van der Waals surface area contributed by atoms with E-state index in [-0.39, 0.29) is 11.7 Å². The molecule has 1 amide bonds. The van der Waals surface area contributed by atoms with E-state index in [1.165, 1.54) is 4.68 Å². The Morgan fingerprint density at radius 2 is 2.06 bits per heavy atom. The van der Waals surface area contributed by atoms with Crippen LogP contribution in [0.3, 0.4) is 0 Å². The summed E-state index contributed by atoms with van der Waals surface area (Å²) >= 11 is 0. The lowest BCUT2D eigenvalue weighted by atomic mass is 10.2. The first-order valence-corrected chi connectivity index (χ1v) is 5.21. The van der Waals surface area contributed by atoms with Crippen molar-refractivity contribution in [2.24, 2.45) is 7.05 Å². The molecule has 0 bridgehead atoms. The van der Waals surface area contributed by atoms with Gasteiger partial charge in [0, 0.05) is 19.8 Å². The highest BCUT2D eigenvalue weighted by atomic mass is 16.3. The summed E-state index contributed by atoms with van der Waals surface area (Å²) in [5, 5.41) is 15.8. The van der Waals surface area contributed by atoms with Crippen LogP contribution >= 0.6 is 0 Å². The van der Waals surface area contributed by atoms with Crippen LogP contribution in [-0.4, -0.2) is 20.8 Å². The topological polar surface area (TPSA) is 67.2 Å². The number of benzene rings is 1. The minimum absolute atomic E-state index is 0.168. The Hall–Kier alpha value is -2.30. The van der Waals surface area contributed by atoms with Gasteiger partial charge in [0.15, 0.2) is 0 Å². The van der Waals surface area contributed by atoms with Crippen LogP contribution in [0.5, 0.6) is 5.75 Å². The number of hydrogen-bond acceptors (Lipinski definition) is 3. The van der Waals surface area contributed by atoms with Crippen molar-refractivity contribution in [3.8, 4) is 5.75 Å². The zero-order chi connectivity index (χ0) is 12.3. The van der Waals surface area contributed by atoms with E-state index in [1.807, 2.05) is 0 Å². The molecular weight excluding hydrogens is 218 g/mol. The fourth-order valence-electron chi connectivity index (χ4n) is 1.48. The summed E-state index contributed by atoms with van der Waals surface area (Å²) in [4.78, 5) is 11.7. The molecule has 0 aliphatic carbocycles. The van der Waals surface area contributed by atoms with Crippen LogP contribution in [0, 0.1) is 0 Å². The van der Waals surface area contributed by atoms with Gasteiger partial charge in [0.1, 0.15) is 11.4 Å². The van der Waals surface area contributed by atoms with E-state index in [9.17, 15) is 4.79 Å². The monoisotopic (exact) mass is 231 g/mol. The summed E-state index contributed by atoms with van der Waals surface area (Å²) in [6.45, 7) is 0.421. The van der Waals surface area contributed by atoms with Crippen LogP contribution in [-0.2, 0) is 13.6 Å². The number of nitrogens with zero attached hydrogens (tertiary/aromatic N) is 2. The van der Waals surface area contributed by atoms with Gasteiger partial charge in [0.25, 0.3) is 5.91 Å². The number of carbonyl (C=O) groups is 1. The number of nitrogens with one attached hydrogen (secondary N) is 1. The summed E-state index contributed by atoms with van der Waals surface area (Å²) in [6, 6.07) is 8.36. The van der Waals surface area contributed by atoms with Gasteiger partial charge in [-0.15, -0.1) is 0 Å². The van der Waals surface area contributed by atoms with E-state index in [0.717, 1.165) is 5.56 Å². The first kappa shape index (κ1) is 11.2. The zero-order valence-corrected chi connectivity index (χ0v) is 9.42. The minimum atomic E-state index is -0.168. The second-order valence-electron chi connectivity index (χ2n) is 3.69. The highest BCUT2D eigenvalue weighted by Crippen LogP contribution is 2.09. The van der Waals surface area contributed by atoms with Crippen LogP contribution in [0.15, 0.2) is 36.5 Å². The largest absolute Gasteiger partial charge is 0.508 e. The summed E-state index contributed by atoms with van der Waals surface area (Å²) in [5.74, 6) is 0.0461. The highest BCUT2D eigenvalue weighted by Gasteiger charge is 2.08. The SMILES string of the molecule is Cn1nccc1C(=O)NCc1ccc(O)cc1. The number of amides is 1. The Kier molecular flexibility index (Phi) is 3.09. The number of aromatic hydroxyl groups is 1. The first-order chi connectivity index (χ1) is 8.16. The van der Waals surface area contributed by atoms with Crippen molar-refractivity contribution in [1.82, 2.24) is 15.1 Å². The molecule has 5 heteroatoms. The van der Waals surface area contributed by atoms with Gasteiger partial charge >= 0.3 is 0 Å². The van der Waals surface area contributed by atoms with Crippen LogP contribution < -0.4 is 5.32 Å². The number of phenols is 1. The van der Waals surface area contributed by atoms with Crippen LogP contribution in [0.2, 0.25) is 0 Å². The predicted octanol–water partition coefficient (Wildman–Crippen LogP) is 1.06. The summed E-state index contributed by atoms with van der Waals surface area (Å²) in [5.41, 5.74) is 1.45. The molecule has 0 saturated heterocycles. The maximum atomic E-state index is 11.7. The molecule has 2 aromatic rings. The molecule has 1 aromatic carbocycles. The fraction of sp³-hybridized carbons (Fsp3) is 0.167. The van der Waals surface area contributed by atoms with E-state index in [1.54, 1.807) is 43.6 Å². The smallest absolute Gasteiger partial charge is 0.269 e.